The van der Waals surface area contributed by atoms with Crippen LogP contribution in [0.4, 0.5) is 0 Å². The fourth-order valence-electron chi connectivity index (χ4n) is 2.82. The Morgan fingerprint density at radius 1 is 1.11 bits per heavy atom. The molecule has 0 aromatic heterocycles. The molecular formula is C16H16ClNO. The predicted molar refractivity (Wildman–Crippen MR) is 77.7 cm³/mol. The molecule has 1 aliphatic rings. The minimum absolute atomic E-state index is 0.360. The van der Waals surface area contributed by atoms with Crippen LogP contribution >= 0.6 is 11.6 Å². The number of nitrogens with two attached hydrogens (primary N) is 1. The highest BCUT2D eigenvalue weighted by Gasteiger charge is 2.35. The van der Waals surface area contributed by atoms with Gasteiger partial charge in [-0.2, -0.15) is 0 Å². The summed E-state index contributed by atoms with van der Waals surface area (Å²) in [5.41, 5.74) is 9.98. The van der Waals surface area contributed by atoms with Gasteiger partial charge in [-0.25, -0.2) is 0 Å². The first-order valence-corrected chi connectivity index (χ1v) is 6.70. The third-order valence-electron chi connectivity index (χ3n) is 3.86. The van der Waals surface area contributed by atoms with Gasteiger partial charge >= 0.3 is 0 Å². The first-order valence-electron chi connectivity index (χ1n) is 6.32. The van der Waals surface area contributed by atoms with Crippen LogP contribution in [0, 0.1) is 0 Å². The second-order valence-corrected chi connectivity index (χ2v) is 5.53. The van der Waals surface area contributed by atoms with E-state index in [1.807, 2.05) is 18.2 Å². The second kappa shape index (κ2) is 4.55. The molecule has 3 rings (SSSR count). The SMILES string of the molecule is COc1cc(C2(N)Cc3ccccc3C2)ccc1Cl. The van der Waals surface area contributed by atoms with Crippen molar-refractivity contribution in [1.29, 1.82) is 0 Å². The lowest BCUT2D eigenvalue weighted by molar-refractivity contribution is 0.409. The molecule has 0 atom stereocenters. The quantitative estimate of drug-likeness (QED) is 0.911. The lowest BCUT2D eigenvalue weighted by Crippen LogP contribution is -2.37. The molecule has 0 unspecified atom stereocenters. The van der Waals surface area contributed by atoms with Crippen molar-refractivity contribution in [2.75, 3.05) is 7.11 Å². The Bertz CT molecular complexity index is 599. The maximum atomic E-state index is 6.61. The van der Waals surface area contributed by atoms with Gasteiger partial charge in [-0.3, -0.25) is 0 Å². The summed E-state index contributed by atoms with van der Waals surface area (Å²) < 4.78 is 5.28. The van der Waals surface area contributed by atoms with Crippen LogP contribution in [0.25, 0.3) is 0 Å². The van der Waals surface area contributed by atoms with Gasteiger partial charge in [0.2, 0.25) is 0 Å². The molecule has 3 heteroatoms. The van der Waals surface area contributed by atoms with E-state index in [1.165, 1.54) is 11.1 Å². The number of halogens is 1. The van der Waals surface area contributed by atoms with Gasteiger partial charge in [0.15, 0.2) is 0 Å². The number of ether oxygens (including phenoxy) is 1. The van der Waals surface area contributed by atoms with Crippen LogP contribution in [-0.4, -0.2) is 7.11 Å². The normalized spacial score (nSPS) is 16.2. The Morgan fingerprint density at radius 3 is 2.32 bits per heavy atom. The zero-order valence-electron chi connectivity index (χ0n) is 10.8. The topological polar surface area (TPSA) is 35.2 Å². The molecular weight excluding hydrogens is 258 g/mol. The molecule has 19 heavy (non-hydrogen) atoms. The third kappa shape index (κ3) is 2.11. The summed E-state index contributed by atoms with van der Waals surface area (Å²) in [5.74, 6) is 0.681. The maximum Gasteiger partial charge on any atom is 0.137 e. The summed E-state index contributed by atoms with van der Waals surface area (Å²) in [6, 6.07) is 14.2. The fraction of sp³-hybridized carbons (Fsp3) is 0.250. The van der Waals surface area contributed by atoms with Gasteiger partial charge < -0.3 is 10.5 Å². The van der Waals surface area contributed by atoms with Crippen molar-refractivity contribution in [1.82, 2.24) is 0 Å². The minimum Gasteiger partial charge on any atom is -0.495 e. The molecule has 0 bridgehead atoms. The molecule has 98 valence electrons. The average molecular weight is 274 g/mol. The van der Waals surface area contributed by atoms with Crippen LogP contribution in [0.5, 0.6) is 5.75 Å². The van der Waals surface area contributed by atoms with E-state index in [0.29, 0.717) is 10.8 Å². The van der Waals surface area contributed by atoms with E-state index < -0.39 is 0 Å². The summed E-state index contributed by atoms with van der Waals surface area (Å²) in [6.45, 7) is 0. The van der Waals surface area contributed by atoms with E-state index in [2.05, 4.69) is 24.3 Å². The van der Waals surface area contributed by atoms with E-state index >= 15 is 0 Å². The lowest BCUT2D eigenvalue weighted by atomic mass is 9.88. The third-order valence-corrected chi connectivity index (χ3v) is 4.17. The van der Waals surface area contributed by atoms with Crippen molar-refractivity contribution in [3.63, 3.8) is 0 Å². The van der Waals surface area contributed by atoms with Gasteiger partial charge in [-0.15, -0.1) is 0 Å². The van der Waals surface area contributed by atoms with Gasteiger partial charge in [-0.05, 0) is 41.7 Å². The van der Waals surface area contributed by atoms with E-state index in [9.17, 15) is 0 Å². The predicted octanol–water partition coefficient (Wildman–Crippen LogP) is 3.30. The number of rotatable bonds is 2. The van der Waals surface area contributed by atoms with Crippen LogP contribution in [0.15, 0.2) is 42.5 Å². The molecule has 0 heterocycles. The number of hydrogen-bond acceptors (Lipinski definition) is 2. The molecule has 2 aromatic carbocycles. The van der Waals surface area contributed by atoms with Gasteiger partial charge in [-0.1, -0.05) is 41.9 Å². The van der Waals surface area contributed by atoms with E-state index in [1.54, 1.807) is 7.11 Å². The molecule has 0 saturated heterocycles. The van der Waals surface area contributed by atoms with Crippen LogP contribution < -0.4 is 10.5 Å². The smallest absolute Gasteiger partial charge is 0.137 e. The number of fused-ring (bicyclic) bond motifs is 1. The zero-order valence-corrected chi connectivity index (χ0v) is 11.6. The molecule has 0 radical (unpaired) electrons. The summed E-state index contributed by atoms with van der Waals surface area (Å²) in [7, 11) is 1.62. The van der Waals surface area contributed by atoms with Crippen molar-refractivity contribution in [2.45, 2.75) is 18.4 Å². The number of hydrogen-bond donors (Lipinski definition) is 1. The molecule has 0 fully saturated rings. The Labute approximate surface area is 118 Å². The molecule has 2 nitrogen and oxygen atoms in total. The number of methoxy groups -OCH3 is 1. The largest absolute Gasteiger partial charge is 0.495 e. The van der Waals surface area contributed by atoms with E-state index in [4.69, 9.17) is 22.1 Å². The van der Waals surface area contributed by atoms with Crippen LogP contribution in [0.3, 0.4) is 0 Å². The Balaban J connectivity index is 2.00. The Kier molecular flexibility index (Phi) is 3.00. The molecule has 0 aliphatic heterocycles. The lowest BCUT2D eigenvalue weighted by Gasteiger charge is -2.25. The second-order valence-electron chi connectivity index (χ2n) is 5.13. The summed E-state index contributed by atoms with van der Waals surface area (Å²) >= 11 is 6.07. The van der Waals surface area contributed by atoms with Crippen LogP contribution in [-0.2, 0) is 18.4 Å². The van der Waals surface area contributed by atoms with E-state index in [0.717, 1.165) is 18.4 Å². The highest BCUT2D eigenvalue weighted by Crippen LogP contribution is 2.38. The van der Waals surface area contributed by atoms with Crippen molar-refractivity contribution in [3.05, 3.63) is 64.2 Å². The first-order chi connectivity index (χ1) is 9.12. The molecule has 0 amide bonds. The highest BCUT2D eigenvalue weighted by atomic mass is 35.5. The Hall–Kier alpha value is -1.51. The maximum absolute atomic E-state index is 6.61. The van der Waals surface area contributed by atoms with Crippen LogP contribution in [0.2, 0.25) is 5.02 Å². The van der Waals surface area contributed by atoms with Crippen molar-refractivity contribution in [3.8, 4) is 5.75 Å². The van der Waals surface area contributed by atoms with Gasteiger partial charge in [0, 0.05) is 5.54 Å². The summed E-state index contributed by atoms with van der Waals surface area (Å²) in [5, 5.41) is 0.616. The van der Waals surface area contributed by atoms with E-state index in [-0.39, 0.29) is 5.54 Å². The van der Waals surface area contributed by atoms with Crippen molar-refractivity contribution >= 4 is 11.6 Å². The Morgan fingerprint density at radius 2 is 1.74 bits per heavy atom. The fourth-order valence-corrected chi connectivity index (χ4v) is 3.01. The molecule has 2 N–H and O–H groups in total. The molecule has 0 spiro atoms. The standard InChI is InChI=1S/C16H16ClNO/c1-19-15-8-13(6-7-14(15)17)16(18)9-11-4-2-3-5-12(11)10-16/h2-8H,9-10,18H2,1H3. The van der Waals surface area contributed by atoms with Crippen molar-refractivity contribution < 1.29 is 4.74 Å². The number of benzene rings is 2. The molecule has 2 aromatic rings. The van der Waals surface area contributed by atoms with Gasteiger partial charge in [0.25, 0.3) is 0 Å². The summed E-state index contributed by atoms with van der Waals surface area (Å²) in [4.78, 5) is 0. The van der Waals surface area contributed by atoms with Crippen molar-refractivity contribution in [2.24, 2.45) is 5.73 Å². The summed E-state index contributed by atoms with van der Waals surface area (Å²) in [6.07, 6.45) is 1.71. The minimum atomic E-state index is -0.360. The van der Waals surface area contributed by atoms with Crippen LogP contribution in [0.1, 0.15) is 16.7 Å². The first kappa shape index (κ1) is 12.5. The molecule has 0 saturated carbocycles. The average Bonchev–Trinajstić information content (AvgIpc) is 2.76. The zero-order chi connectivity index (χ0) is 13.5. The molecule has 1 aliphatic carbocycles. The monoisotopic (exact) mass is 273 g/mol. The van der Waals surface area contributed by atoms with Gasteiger partial charge in [0.1, 0.15) is 5.75 Å². The van der Waals surface area contributed by atoms with Gasteiger partial charge in [0.05, 0.1) is 12.1 Å². The highest BCUT2D eigenvalue weighted by molar-refractivity contribution is 6.32.